The highest BCUT2D eigenvalue weighted by atomic mass is 16.7. The Balaban J connectivity index is 1.85. The summed E-state index contributed by atoms with van der Waals surface area (Å²) in [6, 6.07) is 6.62. The fraction of sp³-hybridized carbons (Fsp3) is 0.667. The quantitative estimate of drug-likeness (QED) is 0.681. The van der Waals surface area contributed by atoms with Crippen molar-refractivity contribution >= 4 is 5.90 Å². The van der Waals surface area contributed by atoms with Gasteiger partial charge in [-0.2, -0.15) is 15.8 Å². The molecule has 2 bridgehead atoms. The van der Waals surface area contributed by atoms with Gasteiger partial charge in [0.2, 0.25) is 17.1 Å². The molecule has 4 rings (SSSR count). The second-order valence-corrected chi connectivity index (χ2v) is 9.39. The van der Waals surface area contributed by atoms with E-state index in [0.29, 0.717) is 31.1 Å². The Bertz CT molecular complexity index is 934. The van der Waals surface area contributed by atoms with Crippen LogP contribution < -0.4 is 0 Å². The highest BCUT2D eigenvalue weighted by Gasteiger charge is 2.81. The van der Waals surface area contributed by atoms with Gasteiger partial charge in [0.05, 0.1) is 24.1 Å². The molecule has 2 aliphatic carbocycles. The second kappa shape index (κ2) is 6.97. The van der Waals surface area contributed by atoms with E-state index in [0.717, 1.165) is 36.8 Å². The lowest BCUT2D eigenvalue weighted by Gasteiger charge is -2.53. The van der Waals surface area contributed by atoms with E-state index in [1.165, 1.54) is 0 Å². The van der Waals surface area contributed by atoms with Gasteiger partial charge in [-0.3, -0.25) is 5.41 Å². The minimum absolute atomic E-state index is 0.270. The zero-order valence-electron chi connectivity index (χ0n) is 17.7. The van der Waals surface area contributed by atoms with Crippen molar-refractivity contribution in [3.05, 3.63) is 23.8 Å². The summed E-state index contributed by atoms with van der Waals surface area (Å²) in [5.41, 5.74) is -1.42. The maximum absolute atomic E-state index is 10.4. The number of hydrogen-bond acceptors (Lipinski definition) is 6. The Labute approximate surface area is 178 Å². The minimum Gasteiger partial charge on any atom is -0.447 e. The van der Waals surface area contributed by atoms with Crippen LogP contribution in [0.2, 0.25) is 0 Å². The van der Waals surface area contributed by atoms with E-state index in [4.69, 9.17) is 14.9 Å². The van der Waals surface area contributed by atoms with Crippen molar-refractivity contribution in [2.24, 2.45) is 28.6 Å². The molecule has 6 atom stereocenters. The SMILES string of the molecule is C=C(C)C1CC=C(C2OC34CCC(CC)CC3C(C#N)(C(=N)O4)C2(C#N)C#N)CC1. The molecular weight excluding hydrogens is 376 g/mol. The van der Waals surface area contributed by atoms with Crippen LogP contribution in [0.15, 0.2) is 23.8 Å². The van der Waals surface area contributed by atoms with E-state index in [-0.39, 0.29) is 5.90 Å². The predicted octanol–water partition coefficient (Wildman–Crippen LogP) is 4.76. The Morgan fingerprint density at radius 3 is 2.53 bits per heavy atom. The summed E-state index contributed by atoms with van der Waals surface area (Å²) in [7, 11) is 0. The van der Waals surface area contributed by atoms with Gasteiger partial charge in [0.25, 0.3) is 0 Å². The topological polar surface area (TPSA) is 114 Å². The number of nitriles is 3. The molecular formula is C24H28N4O2. The number of nitrogens with one attached hydrogen (secondary N) is 1. The number of allylic oxidation sites excluding steroid dienone is 2. The maximum atomic E-state index is 10.4. The van der Waals surface area contributed by atoms with Gasteiger partial charge in [-0.15, -0.1) is 0 Å². The summed E-state index contributed by atoms with van der Waals surface area (Å²) in [6.07, 6.45) is 6.57. The van der Waals surface area contributed by atoms with Gasteiger partial charge in [-0.1, -0.05) is 31.6 Å². The molecule has 0 aromatic rings. The molecule has 0 spiro atoms. The van der Waals surface area contributed by atoms with Crippen molar-refractivity contribution in [3.63, 3.8) is 0 Å². The minimum atomic E-state index is -1.80. The molecule has 0 aromatic heterocycles. The van der Waals surface area contributed by atoms with Gasteiger partial charge >= 0.3 is 0 Å². The molecule has 30 heavy (non-hydrogen) atoms. The summed E-state index contributed by atoms with van der Waals surface area (Å²) in [4.78, 5) is 0. The molecule has 156 valence electrons. The van der Waals surface area contributed by atoms with Crippen LogP contribution in [0.1, 0.15) is 58.8 Å². The van der Waals surface area contributed by atoms with E-state index in [9.17, 15) is 15.8 Å². The van der Waals surface area contributed by atoms with Crippen molar-refractivity contribution in [2.45, 2.75) is 70.7 Å². The van der Waals surface area contributed by atoms with Crippen molar-refractivity contribution in [1.29, 1.82) is 21.2 Å². The van der Waals surface area contributed by atoms with Gasteiger partial charge in [-0.25, -0.2) is 0 Å². The summed E-state index contributed by atoms with van der Waals surface area (Å²) in [5, 5.41) is 39.7. The Hall–Kier alpha value is -2.62. The van der Waals surface area contributed by atoms with Gasteiger partial charge in [-0.05, 0) is 56.4 Å². The lowest BCUT2D eigenvalue weighted by atomic mass is 9.50. The van der Waals surface area contributed by atoms with E-state index in [1.54, 1.807) is 0 Å². The summed E-state index contributed by atoms with van der Waals surface area (Å²) >= 11 is 0. The summed E-state index contributed by atoms with van der Waals surface area (Å²) < 4.78 is 12.5. The van der Waals surface area contributed by atoms with Crippen LogP contribution in [0.25, 0.3) is 0 Å². The largest absolute Gasteiger partial charge is 0.447 e. The standard InChI is InChI=1S/C24H28N4O2/c1-4-16-9-10-24-19(11-16)23(14-27,21(28)30-24)22(12-25,13-26)20(29-24)18-7-5-17(6-8-18)15(2)3/h7,16-17,19-20,28H,2,4-6,8-11H2,1,3H3. The first-order valence-electron chi connectivity index (χ1n) is 10.9. The molecule has 2 saturated heterocycles. The van der Waals surface area contributed by atoms with Crippen LogP contribution in [0.3, 0.4) is 0 Å². The van der Waals surface area contributed by atoms with E-state index < -0.39 is 28.6 Å². The fourth-order valence-electron chi connectivity index (χ4n) is 6.16. The zero-order valence-corrected chi connectivity index (χ0v) is 17.7. The molecule has 2 heterocycles. The Morgan fingerprint density at radius 1 is 1.27 bits per heavy atom. The molecule has 6 heteroatoms. The van der Waals surface area contributed by atoms with Gasteiger partial charge in [0, 0.05) is 6.42 Å². The molecule has 1 N–H and O–H groups in total. The smallest absolute Gasteiger partial charge is 0.217 e. The fourth-order valence-corrected chi connectivity index (χ4v) is 6.16. The summed E-state index contributed by atoms with van der Waals surface area (Å²) in [5.74, 6) is -1.10. The second-order valence-electron chi connectivity index (χ2n) is 9.39. The van der Waals surface area contributed by atoms with Crippen LogP contribution >= 0.6 is 0 Å². The normalized spacial score (nSPS) is 41.3. The molecule has 3 fully saturated rings. The third-order valence-electron chi connectivity index (χ3n) is 8.08. The average molecular weight is 405 g/mol. The van der Waals surface area contributed by atoms with Crippen LogP contribution in [0, 0.1) is 68.0 Å². The number of ether oxygens (including phenoxy) is 2. The van der Waals surface area contributed by atoms with E-state index in [1.807, 2.05) is 6.92 Å². The Morgan fingerprint density at radius 2 is 2.00 bits per heavy atom. The Kier molecular flexibility index (Phi) is 4.80. The van der Waals surface area contributed by atoms with E-state index in [2.05, 4.69) is 37.8 Å². The lowest BCUT2D eigenvalue weighted by Crippen LogP contribution is -2.64. The third kappa shape index (κ3) is 2.39. The van der Waals surface area contributed by atoms with Gasteiger partial charge in [0.1, 0.15) is 6.10 Å². The first-order chi connectivity index (χ1) is 14.3. The van der Waals surface area contributed by atoms with Crippen molar-refractivity contribution < 1.29 is 9.47 Å². The number of hydrogen-bond donors (Lipinski definition) is 1. The number of nitrogens with zero attached hydrogens (tertiary/aromatic N) is 3. The molecule has 4 aliphatic rings. The molecule has 0 radical (unpaired) electrons. The first-order valence-corrected chi connectivity index (χ1v) is 10.9. The van der Waals surface area contributed by atoms with Crippen molar-refractivity contribution in [1.82, 2.24) is 0 Å². The molecule has 6 unspecified atom stereocenters. The molecule has 1 saturated carbocycles. The highest BCUT2D eigenvalue weighted by molar-refractivity contribution is 5.89. The molecule has 2 aliphatic heterocycles. The molecule has 0 aromatic carbocycles. The van der Waals surface area contributed by atoms with Crippen LogP contribution in [-0.2, 0) is 9.47 Å². The van der Waals surface area contributed by atoms with Crippen LogP contribution in [0.5, 0.6) is 0 Å². The third-order valence-corrected chi connectivity index (χ3v) is 8.08. The highest BCUT2D eigenvalue weighted by Crippen LogP contribution is 2.68. The monoisotopic (exact) mass is 404 g/mol. The van der Waals surface area contributed by atoms with Gasteiger partial charge < -0.3 is 9.47 Å². The van der Waals surface area contributed by atoms with Crippen molar-refractivity contribution in [2.75, 3.05) is 0 Å². The van der Waals surface area contributed by atoms with Crippen LogP contribution in [0.4, 0.5) is 0 Å². The lowest BCUT2D eigenvalue weighted by molar-refractivity contribution is -0.288. The van der Waals surface area contributed by atoms with E-state index >= 15 is 0 Å². The molecule has 6 nitrogen and oxygen atoms in total. The number of rotatable bonds is 3. The van der Waals surface area contributed by atoms with Crippen molar-refractivity contribution in [3.8, 4) is 18.2 Å². The average Bonchev–Trinajstić information content (AvgIpc) is 2.97. The van der Waals surface area contributed by atoms with Crippen LogP contribution in [-0.4, -0.2) is 17.8 Å². The zero-order chi connectivity index (χ0) is 21.7. The first kappa shape index (κ1) is 20.6. The maximum Gasteiger partial charge on any atom is 0.217 e. The predicted molar refractivity (Wildman–Crippen MR) is 109 cm³/mol. The summed E-state index contributed by atoms with van der Waals surface area (Å²) in [6.45, 7) is 8.18. The van der Waals surface area contributed by atoms with Gasteiger partial charge in [0.15, 0.2) is 5.41 Å². The molecule has 0 amide bonds.